The summed E-state index contributed by atoms with van der Waals surface area (Å²) in [6.07, 6.45) is 2.17. The van der Waals surface area contributed by atoms with Crippen molar-refractivity contribution in [3.8, 4) is 0 Å². The van der Waals surface area contributed by atoms with Gasteiger partial charge in [0.2, 0.25) is 0 Å². The van der Waals surface area contributed by atoms with Crippen molar-refractivity contribution in [2.45, 2.75) is 25.2 Å². The second-order valence-electron chi connectivity index (χ2n) is 5.26. The first kappa shape index (κ1) is 12.7. The molecule has 1 aromatic carbocycles. The monoisotopic (exact) mass is 274 g/mol. The second-order valence-corrected chi connectivity index (χ2v) is 5.26. The third-order valence-electron chi connectivity index (χ3n) is 3.76. The maximum atomic E-state index is 11.3. The van der Waals surface area contributed by atoms with E-state index in [1.54, 1.807) is 12.1 Å². The first-order valence-corrected chi connectivity index (χ1v) is 6.52. The van der Waals surface area contributed by atoms with Crippen LogP contribution < -0.4 is 11.1 Å². The van der Waals surface area contributed by atoms with Crippen LogP contribution in [0.25, 0.3) is 11.0 Å². The van der Waals surface area contributed by atoms with E-state index in [1.807, 2.05) is 6.07 Å². The summed E-state index contributed by atoms with van der Waals surface area (Å²) in [4.78, 5) is 38.6. The van der Waals surface area contributed by atoms with Crippen molar-refractivity contribution in [2.75, 3.05) is 0 Å². The molecule has 1 aliphatic rings. The number of carbonyl (C=O) groups is 1. The fourth-order valence-electron chi connectivity index (χ4n) is 2.61. The SMILES string of the molecule is O=C(O)CC(c1ccc2[nH]c(=O)c(=O)[nH]c2c1)C1CC1. The van der Waals surface area contributed by atoms with E-state index in [1.165, 1.54) is 0 Å². The molecule has 3 rings (SSSR count). The number of aromatic amines is 2. The summed E-state index contributed by atoms with van der Waals surface area (Å²) in [5, 5.41) is 9.01. The van der Waals surface area contributed by atoms with E-state index in [-0.39, 0.29) is 12.3 Å². The summed E-state index contributed by atoms with van der Waals surface area (Å²) >= 11 is 0. The molecule has 0 aliphatic heterocycles. The van der Waals surface area contributed by atoms with E-state index in [4.69, 9.17) is 5.11 Å². The lowest BCUT2D eigenvalue weighted by atomic mass is 9.91. The molecular weight excluding hydrogens is 260 g/mol. The van der Waals surface area contributed by atoms with E-state index in [9.17, 15) is 14.4 Å². The topological polar surface area (TPSA) is 103 Å². The van der Waals surface area contributed by atoms with Gasteiger partial charge in [-0.2, -0.15) is 0 Å². The summed E-state index contributed by atoms with van der Waals surface area (Å²) in [5.41, 5.74) is 0.585. The minimum Gasteiger partial charge on any atom is -0.481 e. The van der Waals surface area contributed by atoms with Gasteiger partial charge in [0, 0.05) is 0 Å². The lowest BCUT2D eigenvalue weighted by Crippen LogP contribution is -2.28. The minimum absolute atomic E-state index is 0.0349. The summed E-state index contributed by atoms with van der Waals surface area (Å²) < 4.78 is 0. The van der Waals surface area contributed by atoms with Gasteiger partial charge in [-0.3, -0.25) is 14.4 Å². The highest BCUT2D eigenvalue weighted by molar-refractivity contribution is 5.75. The molecule has 1 aliphatic carbocycles. The van der Waals surface area contributed by atoms with E-state index in [0.717, 1.165) is 18.4 Å². The van der Waals surface area contributed by atoms with Gasteiger partial charge in [-0.05, 0) is 42.4 Å². The Morgan fingerprint density at radius 1 is 1.20 bits per heavy atom. The van der Waals surface area contributed by atoms with Crippen LogP contribution in [0, 0.1) is 5.92 Å². The Bertz CT molecular complexity index is 786. The summed E-state index contributed by atoms with van der Waals surface area (Å²) in [6.45, 7) is 0. The van der Waals surface area contributed by atoms with Crippen LogP contribution in [-0.2, 0) is 4.79 Å². The average Bonchev–Trinajstić information content (AvgIpc) is 3.21. The number of carboxylic acid groups (broad SMARTS) is 1. The molecule has 1 aromatic heterocycles. The normalized spacial score (nSPS) is 16.2. The maximum absolute atomic E-state index is 11.3. The highest BCUT2D eigenvalue weighted by Crippen LogP contribution is 2.44. The molecule has 3 N–H and O–H groups in total. The molecule has 1 fully saturated rings. The zero-order chi connectivity index (χ0) is 14.3. The number of aromatic nitrogens is 2. The van der Waals surface area contributed by atoms with Crippen LogP contribution in [0.2, 0.25) is 0 Å². The molecule has 1 unspecified atom stereocenters. The summed E-state index contributed by atoms with van der Waals surface area (Å²) in [5.74, 6) is -0.456. The van der Waals surface area contributed by atoms with E-state index < -0.39 is 17.1 Å². The highest BCUT2D eigenvalue weighted by atomic mass is 16.4. The first-order chi connectivity index (χ1) is 9.54. The number of benzene rings is 1. The van der Waals surface area contributed by atoms with Crippen LogP contribution in [0.5, 0.6) is 0 Å². The van der Waals surface area contributed by atoms with Crippen molar-refractivity contribution in [2.24, 2.45) is 5.92 Å². The molecular formula is C14H14N2O4. The zero-order valence-electron chi connectivity index (χ0n) is 10.7. The van der Waals surface area contributed by atoms with E-state index in [0.29, 0.717) is 17.0 Å². The van der Waals surface area contributed by atoms with Gasteiger partial charge in [-0.25, -0.2) is 0 Å². The third-order valence-corrected chi connectivity index (χ3v) is 3.76. The Morgan fingerprint density at radius 2 is 1.85 bits per heavy atom. The maximum Gasteiger partial charge on any atom is 0.314 e. The Kier molecular flexibility index (Phi) is 2.93. The van der Waals surface area contributed by atoms with Crippen LogP contribution in [0.15, 0.2) is 27.8 Å². The third kappa shape index (κ3) is 2.36. The Labute approximate surface area is 113 Å². The van der Waals surface area contributed by atoms with Crippen molar-refractivity contribution in [1.82, 2.24) is 9.97 Å². The lowest BCUT2D eigenvalue weighted by molar-refractivity contribution is -0.137. The predicted molar refractivity (Wildman–Crippen MR) is 72.9 cm³/mol. The number of aliphatic carboxylic acids is 1. The smallest absolute Gasteiger partial charge is 0.314 e. The standard InChI is InChI=1S/C14H14N2O4/c17-12(18)6-9(7-1-2-7)8-3-4-10-11(5-8)16-14(20)13(19)15-10/h3-5,7,9H,1-2,6H2,(H,15,19)(H,16,20)(H,17,18). The molecule has 1 heterocycles. The van der Waals surface area contributed by atoms with Gasteiger partial charge in [0.1, 0.15) is 0 Å². The van der Waals surface area contributed by atoms with Crippen LogP contribution in [0.3, 0.4) is 0 Å². The summed E-state index contributed by atoms with van der Waals surface area (Å²) in [6, 6.07) is 5.29. The van der Waals surface area contributed by atoms with Crippen molar-refractivity contribution < 1.29 is 9.90 Å². The molecule has 1 saturated carbocycles. The number of carboxylic acids is 1. The second kappa shape index (κ2) is 4.63. The number of hydrogen-bond donors (Lipinski definition) is 3. The Balaban J connectivity index is 2.06. The lowest BCUT2D eigenvalue weighted by Gasteiger charge is -2.14. The van der Waals surface area contributed by atoms with Crippen molar-refractivity contribution >= 4 is 17.0 Å². The van der Waals surface area contributed by atoms with Crippen molar-refractivity contribution in [1.29, 1.82) is 0 Å². The molecule has 0 spiro atoms. The summed E-state index contributed by atoms with van der Waals surface area (Å²) in [7, 11) is 0. The van der Waals surface area contributed by atoms with Gasteiger partial charge < -0.3 is 15.1 Å². The fourth-order valence-corrected chi connectivity index (χ4v) is 2.61. The van der Waals surface area contributed by atoms with Crippen LogP contribution in [0.4, 0.5) is 0 Å². The fraction of sp³-hybridized carbons (Fsp3) is 0.357. The van der Waals surface area contributed by atoms with Gasteiger partial charge in [0.05, 0.1) is 17.5 Å². The molecule has 0 bridgehead atoms. The van der Waals surface area contributed by atoms with Crippen LogP contribution >= 0.6 is 0 Å². The number of nitrogens with one attached hydrogen (secondary N) is 2. The number of fused-ring (bicyclic) bond motifs is 1. The molecule has 2 aromatic rings. The predicted octanol–water partition coefficient (Wildman–Crippen LogP) is 1.18. The molecule has 6 heteroatoms. The number of hydrogen-bond acceptors (Lipinski definition) is 3. The number of rotatable bonds is 4. The number of H-pyrrole nitrogens is 2. The van der Waals surface area contributed by atoms with Crippen LogP contribution in [-0.4, -0.2) is 21.0 Å². The quantitative estimate of drug-likeness (QED) is 0.728. The zero-order valence-corrected chi connectivity index (χ0v) is 10.7. The largest absolute Gasteiger partial charge is 0.481 e. The average molecular weight is 274 g/mol. The van der Waals surface area contributed by atoms with Gasteiger partial charge in [0.25, 0.3) is 0 Å². The van der Waals surface area contributed by atoms with Gasteiger partial charge in [-0.15, -0.1) is 0 Å². The molecule has 0 saturated heterocycles. The van der Waals surface area contributed by atoms with Crippen LogP contribution in [0.1, 0.15) is 30.7 Å². The molecule has 20 heavy (non-hydrogen) atoms. The highest BCUT2D eigenvalue weighted by Gasteiger charge is 2.33. The molecule has 0 amide bonds. The van der Waals surface area contributed by atoms with E-state index >= 15 is 0 Å². The first-order valence-electron chi connectivity index (χ1n) is 6.52. The van der Waals surface area contributed by atoms with E-state index in [2.05, 4.69) is 9.97 Å². The molecule has 6 nitrogen and oxygen atoms in total. The van der Waals surface area contributed by atoms with Crippen molar-refractivity contribution in [3.63, 3.8) is 0 Å². The van der Waals surface area contributed by atoms with Gasteiger partial charge in [-0.1, -0.05) is 6.07 Å². The minimum atomic E-state index is -0.822. The van der Waals surface area contributed by atoms with Gasteiger partial charge in [0.15, 0.2) is 0 Å². The molecule has 0 radical (unpaired) electrons. The molecule has 104 valence electrons. The van der Waals surface area contributed by atoms with Crippen molar-refractivity contribution in [3.05, 3.63) is 44.5 Å². The Hall–Kier alpha value is -2.37. The molecule has 1 atom stereocenters. The van der Waals surface area contributed by atoms with Gasteiger partial charge >= 0.3 is 17.1 Å². The Morgan fingerprint density at radius 3 is 2.45 bits per heavy atom.